The van der Waals surface area contributed by atoms with E-state index in [2.05, 4.69) is 15.9 Å². The van der Waals surface area contributed by atoms with E-state index in [0.29, 0.717) is 6.54 Å². The Labute approximate surface area is 138 Å². The van der Waals surface area contributed by atoms with E-state index in [1.165, 1.54) is 17.0 Å². The highest BCUT2D eigenvalue weighted by atomic mass is 79.9. The fourth-order valence-electron chi connectivity index (χ4n) is 2.11. The highest BCUT2D eigenvalue weighted by Crippen LogP contribution is 2.18. The van der Waals surface area contributed by atoms with E-state index in [9.17, 15) is 13.2 Å². The number of carbonyl (C=O) groups excluding carboxylic acids is 1. The van der Waals surface area contributed by atoms with Crippen LogP contribution in [-0.2, 0) is 16.4 Å². The van der Waals surface area contributed by atoms with Gasteiger partial charge in [0.2, 0.25) is 0 Å². The Hall–Kier alpha value is -1.66. The van der Waals surface area contributed by atoms with Gasteiger partial charge in [-0.05, 0) is 29.8 Å². The quantitative estimate of drug-likeness (QED) is 0.817. The summed E-state index contributed by atoms with van der Waals surface area (Å²) in [5, 5.41) is 0. The Morgan fingerprint density at radius 1 is 1.09 bits per heavy atom. The van der Waals surface area contributed by atoms with Crippen molar-refractivity contribution in [3.63, 3.8) is 0 Å². The van der Waals surface area contributed by atoms with Crippen LogP contribution in [0.25, 0.3) is 0 Å². The van der Waals surface area contributed by atoms with E-state index in [-0.39, 0.29) is 16.4 Å². The molecule has 0 aliphatic rings. The molecule has 0 bridgehead atoms. The number of nitrogens with zero attached hydrogens (tertiary/aromatic N) is 1. The van der Waals surface area contributed by atoms with Gasteiger partial charge >= 0.3 is 0 Å². The highest BCUT2D eigenvalue weighted by Gasteiger charge is 2.20. The molecular weight excluding hydrogens is 366 g/mol. The van der Waals surface area contributed by atoms with Gasteiger partial charge in [0.05, 0.1) is 10.5 Å². The molecule has 0 aliphatic heterocycles. The second-order valence-electron chi connectivity index (χ2n) is 5.06. The standard InChI is InChI=1S/C16H16BrNO3S/c1-18(11-12-7-9-13(17)10-8-12)16(19)14-5-3-4-6-15(14)22(2,20)21/h3-10H,11H2,1-2H3. The van der Waals surface area contributed by atoms with Crippen molar-refractivity contribution in [2.75, 3.05) is 13.3 Å². The number of benzene rings is 2. The van der Waals surface area contributed by atoms with Crippen molar-refractivity contribution in [3.8, 4) is 0 Å². The van der Waals surface area contributed by atoms with Crippen LogP contribution in [0, 0.1) is 0 Å². The first-order chi connectivity index (χ1) is 10.3. The van der Waals surface area contributed by atoms with E-state index in [1.54, 1.807) is 19.2 Å². The fraction of sp³-hybridized carbons (Fsp3) is 0.188. The lowest BCUT2D eigenvalue weighted by atomic mass is 10.1. The van der Waals surface area contributed by atoms with Gasteiger partial charge in [-0.1, -0.05) is 40.2 Å². The van der Waals surface area contributed by atoms with Crippen molar-refractivity contribution in [1.29, 1.82) is 0 Å². The van der Waals surface area contributed by atoms with E-state index in [0.717, 1.165) is 16.3 Å². The minimum Gasteiger partial charge on any atom is -0.337 e. The SMILES string of the molecule is CN(Cc1ccc(Br)cc1)C(=O)c1ccccc1S(C)(=O)=O. The molecule has 6 heteroatoms. The largest absolute Gasteiger partial charge is 0.337 e. The molecule has 116 valence electrons. The Bertz CT molecular complexity index is 785. The van der Waals surface area contributed by atoms with Gasteiger partial charge in [0.1, 0.15) is 0 Å². The van der Waals surface area contributed by atoms with Crippen LogP contribution in [0.3, 0.4) is 0 Å². The number of hydrogen-bond acceptors (Lipinski definition) is 3. The number of halogens is 1. The number of rotatable bonds is 4. The van der Waals surface area contributed by atoms with Crippen molar-refractivity contribution in [1.82, 2.24) is 4.90 Å². The second-order valence-corrected chi connectivity index (χ2v) is 7.96. The molecule has 0 saturated heterocycles. The Morgan fingerprint density at radius 2 is 1.68 bits per heavy atom. The Balaban J connectivity index is 2.26. The lowest BCUT2D eigenvalue weighted by Gasteiger charge is -2.19. The third-order valence-electron chi connectivity index (χ3n) is 3.20. The van der Waals surface area contributed by atoms with Gasteiger partial charge < -0.3 is 4.90 Å². The van der Waals surface area contributed by atoms with E-state index < -0.39 is 9.84 Å². The van der Waals surface area contributed by atoms with Crippen molar-refractivity contribution < 1.29 is 13.2 Å². The zero-order valence-corrected chi connectivity index (χ0v) is 14.7. The van der Waals surface area contributed by atoms with Crippen LogP contribution >= 0.6 is 15.9 Å². The molecule has 2 aromatic carbocycles. The average Bonchev–Trinajstić information content (AvgIpc) is 2.48. The van der Waals surface area contributed by atoms with Crippen LogP contribution < -0.4 is 0 Å². The van der Waals surface area contributed by atoms with Gasteiger partial charge in [-0.15, -0.1) is 0 Å². The first-order valence-electron chi connectivity index (χ1n) is 6.58. The van der Waals surface area contributed by atoms with Gasteiger partial charge in [-0.25, -0.2) is 8.42 Å². The summed E-state index contributed by atoms with van der Waals surface area (Å²) in [6.07, 6.45) is 1.10. The molecular formula is C16H16BrNO3S. The molecule has 0 radical (unpaired) electrons. The molecule has 0 saturated carbocycles. The van der Waals surface area contributed by atoms with Gasteiger partial charge in [0.25, 0.3) is 5.91 Å². The fourth-order valence-corrected chi connectivity index (χ4v) is 3.25. The van der Waals surface area contributed by atoms with E-state index in [4.69, 9.17) is 0 Å². The molecule has 0 aromatic heterocycles. The second kappa shape index (κ2) is 6.62. The Morgan fingerprint density at radius 3 is 2.27 bits per heavy atom. The summed E-state index contributed by atoms with van der Waals surface area (Å²) in [5.74, 6) is -0.316. The van der Waals surface area contributed by atoms with Crippen LogP contribution in [0.1, 0.15) is 15.9 Å². The topological polar surface area (TPSA) is 54.5 Å². The minimum absolute atomic E-state index is 0.0580. The van der Waals surface area contributed by atoms with E-state index in [1.807, 2.05) is 24.3 Å². The lowest BCUT2D eigenvalue weighted by Crippen LogP contribution is -2.27. The smallest absolute Gasteiger partial charge is 0.255 e. The molecule has 0 unspecified atom stereocenters. The van der Waals surface area contributed by atoms with Crippen LogP contribution in [-0.4, -0.2) is 32.5 Å². The van der Waals surface area contributed by atoms with Gasteiger partial charge in [-0.3, -0.25) is 4.79 Å². The normalized spacial score (nSPS) is 11.2. The molecule has 22 heavy (non-hydrogen) atoms. The molecule has 0 aliphatic carbocycles. The summed E-state index contributed by atoms with van der Waals surface area (Å²) in [7, 11) is -1.79. The molecule has 0 N–H and O–H groups in total. The third-order valence-corrected chi connectivity index (χ3v) is 4.88. The molecule has 0 atom stereocenters. The monoisotopic (exact) mass is 381 g/mol. The number of sulfone groups is 1. The summed E-state index contributed by atoms with van der Waals surface area (Å²) in [5.41, 5.74) is 1.17. The zero-order chi connectivity index (χ0) is 16.3. The first-order valence-corrected chi connectivity index (χ1v) is 9.26. The van der Waals surface area contributed by atoms with Crippen LogP contribution in [0.2, 0.25) is 0 Å². The molecule has 2 rings (SSSR count). The predicted octanol–water partition coefficient (Wildman–Crippen LogP) is 3.12. The van der Waals surface area contributed by atoms with Crippen molar-refractivity contribution in [3.05, 3.63) is 64.1 Å². The molecule has 1 amide bonds. The first kappa shape index (κ1) is 16.7. The predicted molar refractivity (Wildman–Crippen MR) is 89.5 cm³/mol. The minimum atomic E-state index is -3.44. The molecule has 0 spiro atoms. The van der Waals surface area contributed by atoms with E-state index >= 15 is 0 Å². The molecule has 4 nitrogen and oxygen atoms in total. The van der Waals surface area contributed by atoms with Gasteiger partial charge in [0, 0.05) is 24.3 Å². The molecule has 2 aromatic rings. The van der Waals surface area contributed by atoms with Crippen molar-refractivity contribution in [2.45, 2.75) is 11.4 Å². The summed E-state index contributed by atoms with van der Waals surface area (Å²) in [4.78, 5) is 14.1. The lowest BCUT2D eigenvalue weighted by molar-refractivity contribution is 0.0781. The third kappa shape index (κ3) is 3.96. The Kier molecular flexibility index (Phi) is 5.03. The summed E-state index contributed by atoms with van der Waals surface area (Å²) in [6.45, 7) is 0.407. The van der Waals surface area contributed by atoms with Gasteiger partial charge in [-0.2, -0.15) is 0 Å². The van der Waals surface area contributed by atoms with Crippen molar-refractivity contribution in [2.24, 2.45) is 0 Å². The van der Waals surface area contributed by atoms with Crippen LogP contribution in [0.5, 0.6) is 0 Å². The zero-order valence-electron chi connectivity index (χ0n) is 12.3. The highest BCUT2D eigenvalue weighted by molar-refractivity contribution is 9.10. The van der Waals surface area contributed by atoms with Crippen molar-refractivity contribution >= 4 is 31.7 Å². The van der Waals surface area contributed by atoms with Crippen LogP contribution in [0.15, 0.2) is 57.9 Å². The summed E-state index contributed by atoms with van der Waals surface area (Å²) in [6, 6.07) is 13.9. The summed E-state index contributed by atoms with van der Waals surface area (Å²) >= 11 is 3.36. The number of hydrogen-bond donors (Lipinski definition) is 0. The maximum Gasteiger partial charge on any atom is 0.255 e. The van der Waals surface area contributed by atoms with Crippen LogP contribution in [0.4, 0.5) is 0 Å². The molecule has 0 heterocycles. The van der Waals surface area contributed by atoms with Gasteiger partial charge in [0.15, 0.2) is 9.84 Å². The summed E-state index contributed by atoms with van der Waals surface area (Å²) < 4.78 is 24.6. The average molecular weight is 382 g/mol. The molecule has 0 fully saturated rings. The maximum absolute atomic E-state index is 12.5. The number of amides is 1. The number of carbonyl (C=O) groups is 1. The maximum atomic E-state index is 12.5.